The van der Waals surface area contributed by atoms with E-state index in [0.717, 1.165) is 36.1 Å². The third-order valence-corrected chi connectivity index (χ3v) is 3.45. The summed E-state index contributed by atoms with van der Waals surface area (Å²) in [7, 11) is 0. The Morgan fingerprint density at radius 2 is 2.38 bits per heavy atom. The summed E-state index contributed by atoms with van der Waals surface area (Å²) < 4.78 is 6.13. The van der Waals surface area contributed by atoms with Crippen LogP contribution in [0.1, 0.15) is 18.4 Å². The van der Waals surface area contributed by atoms with Crippen molar-refractivity contribution in [1.29, 1.82) is 0 Å². The summed E-state index contributed by atoms with van der Waals surface area (Å²) in [4.78, 5) is 0. The van der Waals surface area contributed by atoms with Crippen molar-refractivity contribution in [2.75, 3.05) is 13.2 Å². The average Bonchev–Trinajstić information content (AvgIpc) is 2.32. The molecule has 1 aliphatic heterocycles. The molecule has 0 saturated carbocycles. The molecular weight excluding hydrogens is 270 g/mol. The van der Waals surface area contributed by atoms with Gasteiger partial charge in [0.1, 0.15) is 5.75 Å². The largest absolute Gasteiger partial charge is 0.506 e. The predicted octanol–water partition coefficient (Wildman–Crippen LogP) is 2.42. The van der Waals surface area contributed by atoms with Crippen molar-refractivity contribution in [3.05, 3.63) is 28.2 Å². The van der Waals surface area contributed by atoms with Crippen molar-refractivity contribution in [2.45, 2.75) is 25.4 Å². The van der Waals surface area contributed by atoms with E-state index in [2.05, 4.69) is 21.2 Å². The summed E-state index contributed by atoms with van der Waals surface area (Å²) in [6.07, 6.45) is 2.26. The Kier molecular flexibility index (Phi) is 4.21. The number of phenols is 1. The van der Waals surface area contributed by atoms with Crippen LogP contribution in [0.4, 0.5) is 0 Å². The van der Waals surface area contributed by atoms with Gasteiger partial charge in [-0.25, -0.2) is 0 Å². The van der Waals surface area contributed by atoms with Crippen LogP contribution in [0.2, 0.25) is 0 Å². The van der Waals surface area contributed by atoms with E-state index < -0.39 is 0 Å². The minimum Gasteiger partial charge on any atom is -0.506 e. The van der Waals surface area contributed by atoms with Crippen LogP contribution in [-0.4, -0.2) is 24.4 Å². The maximum absolute atomic E-state index is 9.81. The molecule has 0 radical (unpaired) electrons. The van der Waals surface area contributed by atoms with Crippen LogP contribution >= 0.6 is 15.9 Å². The van der Waals surface area contributed by atoms with Gasteiger partial charge in [-0.3, -0.25) is 0 Å². The summed E-state index contributed by atoms with van der Waals surface area (Å²) in [5.74, 6) is 0.326. The molecule has 88 valence electrons. The fourth-order valence-electron chi connectivity index (χ4n) is 1.86. The third kappa shape index (κ3) is 2.97. The van der Waals surface area contributed by atoms with Crippen molar-refractivity contribution in [3.8, 4) is 5.75 Å². The minimum absolute atomic E-state index is 0.326. The summed E-state index contributed by atoms with van der Waals surface area (Å²) in [6, 6.07) is 6.10. The van der Waals surface area contributed by atoms with Gasteiger partial charge >= 0.3 is 0 Å². The van der Waals surface area contributed by atoms with Gasteiger partial charge in [0.25, 0.3) is 0 Å². The molecule has 16 heavy (non-hydrogen) atoms. The number of nitrogens with one attached hydrogen (secondary N) is 1. The standard InChI is InChI=1S/C12H16BrNO2/c13-11-5-1-3-9(12(11)15)7-14-10-4-2-6-16-8-10/h1,3,5,10,14-15H,2,4,6-8H2. The van der Waals surface area contributed by atoms with Gasteiger partial charge in [-0.05, 0) is 34.8 Å². The van der Waals surface area contributed by atoms with Crippen LogP contribution in [0.15, 0.2) is 22.7 Å². The Morgan fingerprint density at radius 1 is 1.50 bits per heavy atom. The number of benzene rings is 1. The highest BCUT2D eigenvalue weighted by molar-refractivity contribution is 9.10. The van der Waals surface area contributed by atoms with E-state index in [-0.39, 0.29) is 0 Å². The van der Waals surface area contributed by atoms with Crippen molar-refractivity contribution < 1.29 is 9.84 Å². The molecule has 2 N–H and O–H groups in total. The number of hydrogen-bond donors (Lipinski definition) is 2. The zero-order valence-corrected chi connectivity index (χ0v) is 10.7. The van der Waals surface area contributed by atoms with E-state index in [4.69, 9.17) is 4.74 Å². The van der Waals surface area contributed by atoms with Crippen molar-refractivity contribution in [2.24, 2.45) is 0 Å². The number of ether oxygens (including phenoxy) is 1. The molecule has 1 unspecified atom stereocenters. The average molecular weight is 286 g/mol. The molecule has 1 saturated heterocycles. The number of hydrogen-bond acceptors (Lipinski definition) is 3. The van der Waals surface area contributed by atoms with Crippen LogP contribution in [0.3, 0.4) is 0 Å². The molecular formula is C12H16BrNO2. The van der Waals surface area contributed by atoms with Crippen molar-refractivity contribution >= 4 is 15.9 Å². The van der Waals surface area contributed by atoms with Gasteiger partial charge in [0.05, 0.1) is 11.1 Å². The number of rotatable bonds is 3. The number of aromatic hydroxyl groups is 1. The van der Waals surface area contributed by atoms with Gasteiger partial charge in [0.15, 0.2) is 0 Å². The van der Waals surface area contributed by atoms with Gasteiger partial charge < -0.3 is 15.2 Å². The normalized spacial score (nSPS) is 20.9. The molecule has 1 fully saturated rings. The second-order valence-corrected chi connectivity index (χ2v) is 4.90. The maximum atomic E-state index is 9.81. The maximum Gasteiger partial charge on any atom is 0.134 e. The van der Waals surface area contributed by atoms with E-state index in [1.54, 1.807) is 0 Å². The molecule has 0 bridgehead atoms. The first-order chi connectivity index (χ1) is 7.77. The molecule has 1 aromatic carbocycles. The lowest BCUT2D eigenvalue weighted by Crippen LogP contribution is -2.36. The molecule has 3 nitrogen and oxygen atoms in total. The molecule has 1 atom stereocenters. The highest BCUT2D eigenvalue weighted by atomic mass is 79.9. The van der Waals surface area contributed by atoms with Gasteiger partial charge in [0, 0.05) is 24.8 Å². The number of halogens is 1. The summed E-state index contributed by atoms with van der Waals surface area (Å²) in [6.45, 7) is 2.33. The van der Waals surface area contributed by atoms with E-state index in [1.807, 2.05) is 18.2 Å². The summed E-state index contributed by atoms with van der Waals surface area (Å²) >= 11 is 3.31. The van der Waals surface area contributed by atoms with Gasteiger partial charge in [0.2, 0.25) is 0 Å². The Hall–Kier alpha value is -0.580. The molecule has 0 aliphatic carbocycles. The monoisotopic (exact) mass is 285 g/mol. The van der Waals surface area contributed by atoms with E-state index in [0.29, 0.717) is 18.3 Å². The van der Waals surface area contributed by atoms with E-state index in [9.17, 15) is 5.11 Å². The highest BCUT2D eigenvalue weighted by Gasteiger charge is 2.13. The molecule has 0 spiro atoms. The second kappa shape index (κ2) is 5.66. The first-order valence-corrected chi connectivity index (χ1v) is 6.34. The van der Waals surface area contributed by atoms with E-state index >= 15 is 0 Å². The third-order valence-electron chi connectivity index (χ3n) is 2.81. The van der Waals surface area contributed by atoms with Crippen LogP contribution in [-0.2, 0) is 11.3 Å². The second-order valence-electron chi connectivity index (χ2n) is 4.04. The SMILES string of the molecule is Oc1c(Br)cccc1CNC1CCCOC1. The molecule has 0 amide bonds. The Morgan fingerprint density at radius 3 is 3.12 bits per heavy atom. The lowest BCUT2D eigenvalue weighted by atomic mass is 10.1. The van der Waals surface area contributed by atoms with Gasteiger partial charge in [-0.2, -0.15) is 0 Å². The predicted molar refractivity (Wildman–Crippen MR) is 66.5 cm³/mol. The van der Waals surface area contributed by atoms with Gasteiger partial charge in [-0.1, -0.05) is 12.1 Å². The topological polar surface area (TPSA) is 41.5 Å². The zero-order valence-electron chi connectivity index (χ0n) is 9.08. The number of phenolic OH excluding ortho intramolecular Hbond substituents is 1. The van der Waals surface area contributed by atoms with Crippen LogP contribution in [0.25, 0.3) is 0 Å². The molecule has 1 aliphatic rings. The summed E-state index contributed by atoms with van der Waals surface area (Å²) in [5.41, 5.74) is 0.917. The minimum atomic E-state index is 0.326. The number of para-hydroxylation sites is 1. The highest BCUT2D eigenvalue weighted by Crippen LogP contribution is 2.27. The Labute approximate surface area is 104 Å². The molecule has 4 heteroatoms. The summed E-state index contributed by atoms with van der Waals surface area (Å²) in [5, 5.41) is 13.2. The Balaban J connectivity index is 1.91. The van der Waals surface area contributed by atoms with Crippen molar-refractivity contribution in [1.82, 2.24) is 5.32 Å². The molecule has 1 heterocycles. The molecule has 2 rings (SSSR count). The lowest BCUT2D eigenvalue weighted by molar-refractivity contribution is 0.0699. The molecule has 0 aromatic heterocycles. The van der Waals surface area contributed by atoms with E-state index in [1.165, 1.54) is 0 Å². The first kappa shape index (κ1) is 11.9. The van der Waals surface area contributed by atoms with Crippen LogP contribution in [0, 0.1) is 0 Å². The fourth-order valence-corrected chi connectivity index (χ4v) is 2.27. The zero-order chi connectivity index (χ0) is 11.4. The van der Waals surface area contributed by atoms with Crippen LogP contribution < -0.4 is 5.32 Å². The first-order valence-electron chi connectivity index (χ1n) is 5.55. The quantitative estimate of drug-likeness (QED) is 0.896. The van der Waals surface area contributed by atoms with Gasteiger partial charge in [-0.15, -0.1) is 0 Å². The lowest BCUT2D eigenvalue weighted by Gasteiger charge is -2.23. The fraction of sp³-hybridized carbons (Fsp3) is 0.500. The van der Waals surface area contributed by atoms with Crippen LogP contribution in [0.5, 0.6) is 5.75 Å². The van der Waals surface area contributed by atoms with Crippen molar-refractivity contribution in [3.63, 3.8) is 0 Å². The smallest absolute Gasteiger partial charge is 0.134 e. The molecule has 1 aromatic rings. The Bertz CT molecular complexity index is 351.